The van der Waals surface area contributed by atoms with Crippen molar-refractivity contribution in [1.82, 2.24) is 0 Å². The second-order valence-corrected chi connectivity index (χ2v) is 10.2. The normalized spacial score (nSPS) is 11.0. The molecule has 0 heterocycles. The van der Waals surface area contributed by atoms with E-state index in [2.05, 4.69) is 82.6 Å². The van der Waals surface area contributed by atoms with Crippen LogP contribution in [0.2, 0.25) is 0 Å². The van der Waals surface area contributed by atoms with Crippen LogP contribution < -0.4 is 9.80 Å². The molecule has 4 heteroatoms. The standard InChI is InChI=1S/C38H28N2O2/c41-31-23-19-29(20-24-31)39(27-11-3-1-4-12-27)37-33-15-7-9-17-35(33)38(36-18-10-8-16-34(36)37)40(28-13-5-2-6-14-28)30-21-25-32(42)26-22-30/h1-26,41-42H. The van der Waals surface area contributed by atoms with Crippen LogP contribution in [0.3, 0.4) is 0 Å². The molecule has 0 aliphatic heterocycles. The van der Waals surface area contributed by atoms with Crippen molar-refractivity contribution in [3.8, 4) is 11.5 Å². The van der Waals surface area contributed by atoms with Gasteiger partial charge in [-0.15, -0.1) is 0 Å². The molecule has 4 nitrogen and oxygen atoms in total. The summed E-state index contributed by atoms with van der Waals surface area (Å²) in [5, 5.41) is 24.6. The van der Waals surface area contributed by atoms with Crippen LogP contribution in [0.25, 0.3) is 21.5 Å². The maximum atomic E-state index is 10.1. The van der Waals surface area contributed by atoms with Gasteiger partial charge in [-0.25, -0.2) is 0 Å². The lowest BCUT2D eigenvalue weighted by molar-refractivity contribution is 0.475. The number of aromatic hydroxyl groups is 2. The fraction of sp³-hybridized carbons (Fsp3) is 0. The predicted octanol–water partition coefficient (Wildman–Crippen LogP) is 10.3. The van der Waals surface area contributed by atoms with Crippen LogP contribution in [-0.2, 0) is 0 Å². The summed E-state index contributed by atoms with van der Waals surface area (Å²) in [5.41, 5.74) is 6.04. The zero-order valence-corrected chi connectivity index (χ0v) is 22.8. The average molecular weight is 545 g/mol. The van der Waals surface area contributed by atoms with Gasteiger partial charge in [0.1, 0.15) is 11.5 Å². The van der Waals surface area contributed by atoms with Gasteiger partial charge in [0, 0.05) is 44.3 Å². The largest absolute Gasteiger partial charge is 0.508 e. The first-order chi connectivity index (χ1) is 20.7. The van der Waals surface area contributed by atoms with Gasteiger partial charge in [-0.1, -0.05) is 84.9 Å². The van der Waals surface area contributed by atoms with Crippen LogP contribution >= 0.6 is 0 Å². The van der Waals surface area contributed by atoms with E-state index in [0.29, 0.717) is 0 Å². The molecule has 7 rings (SSSR count). The second kappa shape index (κ2) is 10.7. The van der Waals surface area contributed by atoms with Gasteiger partial charge in [-0.3, -0.25) is 0 Å². The maximum Gasteiger partial charge on any atom is 0.115 e. The molecular weight excluding hydrogens is 516 g/mol. The van der Waals surface area contributed by atoms with Gasteiger partial charge in [-0.05, 0) is 72.8 Å². The van der Waals surface area contributed by atoms with Gasteiger partial charge in [0.25, 0.3) is 0 Å². The second-order valence-electron chi connectivity index (χ2n) is 10.2. The van der Waals surface area contributed by atoms with Gasteiger partial charge in [0.2, 0.25) is 0 Å². The molecule has 0 aliphatic rings. The molecule has 0 saturated carbocycles. The SMILES string of the molecule is Oc1ccc(N(c2ccccc2)c2c3ccccc3c(N(c3ccccc3)c3ccc(O)cc3)c3ccccc23)cc1. The molecule has 0 spiro atoms. The molecule has 0 fully saturated rings. The topological polar surface area (TPSA) is 46.9 Å². The van der Waals surface area contributed by atoms with Crippen molar-refractivity contribution in [3.63, 3.8) is 0 Å². The predicted molar refractivity (Wildman–Crippen MR) is 174 cm³/mol. The van der Waals surface area contributed by atoms with E-state index in [1.165, 1.54) is 0 Å². The molecule has 0 unspecified atom stereocenters. The number of rotatable bonds is 6. The Morgan fingerprint density at radius 2 is 0.548 bits per heavy atom. The molecular formula is C38H28N2O2. The van der Waals surface area contributed by atoms with E-state index < -0.39 is 0 Å². The number of para-hydroxylation sites is 2. The quantitative estimate of drug-likeness (QED) is 0.161. The van der Waals surface area contributed by atoms with Crippen LogP contribution in [0, 0.1) is 0 Å². The van der Waals surface area contributed by atoms with Gasteiger partial charge in [0.05, 0.1) is 11.4 Å². The Hall–Kier alpha value is -5.74. The number of phenolic OH excluding ortho intramolecular Hbond substituents is 2. The molecule has 0 atom stereocenters. The van der Waals surface area contributed by atoms with Crippen LogP contribution in [0.15, 0.2) is 158 Å². The lowest BCUT2D eigenvalue weighted by atomic mass is 9.95. The fourth-order valence-electron chi connectivity index (χ4n) is 5.74. The number of hydrogen-bond donors (Lipinski definition) is 2. The minimum absolute atomic E-state index is 0.226. The first-order valence-corrected chi connectivity index (χ1v) is 13.9. The Morgan fingerprint density at radius 3 is 0.857 bits per heavy atom. The molecule has 7 aromatic rings. The third kappa shape index (κ3) is 4.45. The van der Waals surface area contributed by atoms with Crippen molar-refractivity contribution in [3.05, 3.63) is 158 Å². The molecule has 0 radical (unpaired) electrons. The van der Waals surface area contributed by atoms with E-state index in [-0.39, 0.29) is 11.5 Å². The van der Waals surface area contributed by atoms with Gasteiger partial charge in [0.15, 0.2) is 0 Å². The zero-order chi connectivity index (χ0) is 28.5. The Morgan fingerprint density at radius 1 is 0.286 bits per heavy atom. The zero-order valence-electron chi connectivity index (χ0n) is 22.8. The summed E-state index contributed by atoms with van der Waals surface area (Å²) < 4.78 is 0. The summed E-state index contributed by atoms with van der Waals surface area (Å²) in [7, 11) is 0. The van der Waals surface area contributed by atoms with E-state index in [1.54, 1.807) is 24.3 Å². The van der Waals surface area contributed by atoms with Crippen LogP contribution in [-0.4, -0.2) is 10.2 Å². The van der Waals surface area contributed by atoms with Gasteiger partial charge >= 0.3 is 0 Å². The summed E-state index contributed by atoms with van der Waals surface area (Å²) in [6, 6.07) is 52.4. The highest BCUT2D eigenvalue weighted by molar-refractivity contribution is 6.23. The van der Waals surface area contributed by atoms with Crippen LogP contribution in [0.4, 0.5) is 34.1 Å². The van der Waals surface area contributed by atoms with E-state index in [4.69, 9.17) is 0 Å². The smallest absolute Gasteiger partial charge is 0.115 e. The highest BCUT2D eigenvalue weighted by Gasteiger charge is 2.25. The number of phenols is 2. The Balaban J connectivity index is 1.61. The van der Waals surface area contributed by atoms with Crippen molar-refractivity contribution in [2.45, 2.75) is 0 Å². The molecule has 0 amide bonds. The monoisotopic (exact) mass is 544 g/mol. The number of nitrogens with zero attached hydrogens (tertiary/aromatic N) is 2. The third-order valence-corrected chi connectivity index (χ3v) is 7.57. The van der Waals surface area contributed by atoms with Crippen molar-refractivity contribution in [2.24, 2.45) is 0 Å². The minimum atomic E-state index is 0.226. The molecule has 0 saturated heterocycles. The van der Waals surface area contributed by atoms with Gasteiger partial charge < -0.3 is 20.0 Å². The Kier molecular flexibility index (Phi) is 6.42. The molecule has 42 heavy (non-hydrogen) atoms. The summed E-state index contributed by atoms with van der Waals surface area (Å²) in [6.07, 6.45) is 0. The van der Waals surface area contributed by atoms with Crippen molar-refractivity contribution >= 4 is 55.7 Å². The lowest BCUT2D eigenvalue weighted by Crippen LogP contribution is -2.14. The van der Waals surface area contributed by atoms with E-state index in [1.807, 2.05) is 60.7 Å². The summed E-state index contributed by atoms with van der Waals surface area (Å²) >= 11 is 0. The number of anilines is 6. The van der Waals surface area contributed by atoms with Gasteiger partial charge in [-0.2, -0.15) is 0 Å². The highest BCUT2D eigenvalue weighted by Crippen LogP contribution is 2.50. The molecule has 7 aromatic carbocycles. The highest BCUT2D eigenvalue weighted by atomic mass is 16.3. The third-order valence-electron chi connectivity index (χ3n) is 7.57. The fourth-order valence-corrected chi connectivity index (χ4v) is 5.74. The summed E-state index contributed by atoms with van der Waals surface area (Å²) in [5.74, 6) is 0.452. The number of hydrogen-bond acceptors (Lipinski definition) is 4. The molecule has 0 aliphatic carbocycles. The summed E-state index contributed by atoms with van der Waals surface area (Å²) in [4.78, 5) is 4.53. The Bertz CT molecular complexity index is 1780. The molecule has 0 bridgehead atoms. The summed E-state index contributed by atoms with van der Waals surface area (Å²) in [6.45, 7) is 0. The van der Waals surface area contributed by atoms with E-state index in [9.17, 15) is 10.2 Å². The van der Waals surface area contributed by atoms with Crippen molar-refractivity contribution in [1.29, 1.82) is 0 Å². The van der Waals surface area contributed by atoms with E-state index >= 15 is 0 Å². The average Bonchev–Trinajstić information content (AvgIpc) is 3.05. The van der Waals surface area contributed by atoms with Crippen LogP contribution in [0.5, 0.6) is 11.5 Å². The lowest BCUT2D eigenvalue weighted by Gasteiger charge is -2.32. The number of benzene rings is 7. The van der Waals surface area contributed by atoms with Crippen molar-refractivity contribution in [2.75, 3.05) is 9.80 Å². The molecule has 202 valence electrons. The molecule has 2 N–H and O–H groups in total. The van der Waals surface area contributed by atoms with E-state index in [0.717, 1.165) is 55.7 Å². The van der Waals surface area contributed by atoms with Crippen LogP contribution in [0.1, 0.15) is 0 Å². The first kappa shape index (κ1) is 25.2. The number of fused-ring (bicyclic) bond motifs is 2. The molecule has 0 aromatic heterocycles. The maximum absolute atomic E-state index is 10.1. The minimum Gasteiger partial charge on any atom is -0.508 e. The Labute approximate surface area is 244 Å². The van der Waals surface area contributed by atoms with Crippen molar-refractivity contribution < 1.29 is 10.2 Å². The first-order valence-electron chi connectivity index (χ1n) is 13.9.